The quantitative estimate of drug-likeness (QED) is 0.890. The summed E-state index contributed by atoms with van der Waals surface area (Å²) in [5.74, 6) is -0.724. The summed E-state index contributed by atoms with van der Waals surface area (Å²) >= 11 is 0. The number of rotatable bonds is 3. The van der Waals surface area contributed by atoms with Gasteiger partial charge in [-0.3, -0.25) is 14.4 Å². The number of piperidine rings is 1. The van der Waals surface area contributed by atoms with Gasteiger partial charge in [-0.05, 0) is 39.7 Å². The molecule has 2 heterocycles. The SMILES string of the molecule is CC(c1cnn(C)c1)N1CCCCC1(C)C(=O)O. The molecule has 0 bridgehead atoms. The first-order valence-corrected chi connectivity index (χ1v) is 6.44. The lowest BCUT2D eigenvalue weighted by molar-refractivity contribution is -0.155. The molecule has 2 atom stereocenters. The summed E-state index contributed by atoms with van der Waals surface area (Å²) in [5.41, 5.74) is 0.319. The molecule has 100 valence electrons. The van der Waals surface area contributed by atoms with Crippen molar-refractivity contribution in [3.8, 4) is 0 Å². The smallest absolute Gasteiger partial charge is 0.323 e. The number of likely N-dealkylation sites (tertiary alicyclic amines) is 1. The van der Waals surface area contributed by atoms with E-state index in [1.807, 2.05) is 26.4 Å². The third-order valence-electron chi connectivity index (χ3n) is 4.08. The van der Waals surface area contributed by atoms with Gasteiger partial charge >= 0.3 is 5.97 Å². The second-order valence-electron chi connectivity index (χ2n) is 5.35. The van der Waals surface area contributed by atoms with Gasteiger partial charge in [0.2, 0.25) is 0 Å². The van der Waals surface area contributed by atoms with Crippen LogP contribution in [0.2, 0.25) is 0 Å². The highest BCUT2D eigenvalue weighted by Crippen LogP contribution is 2.35. The van der Waals surface area contributed by atoms with Crippen LogP contribution in [-0.2, 0) is 11.8 Å². The molecule has 0 spiro atoms. The second-order valence-corrected chi connectivity index (χ2v) is 5.35. The number of hydrogen-bond acceptors (Lipinski definition) is 3. The summed E-state index contributed by atoms with van der Waals surface area (Å²) in [5, 5.41) is 13.7. The number of carboxylic acids is 1. The largest absolute Gasteiger partial charge is 0.480 e. The van der Waals surface area contributed by atoms with Gasteiger partial charge in [-0.25, -0.2) is 0 Å². The summed E-state index contributed by atoms with van der Waals surface area (Å²) in [6.07, 6.45) is 6.54. The van der Waals surface area contributed by atoms with Crippen LogP contribution in [0.3, 0.4) is 0 Å². The second kappa shape index (κ2) is 4.72. The van der Waals surface area contributed by atoms with Crippen molar-refractivity contribution < 1.29 is 9.90 Å². The van der Waals surface area contributed by atoms with Crippen LogP contribution in [0.1, 0.15) is 44.7 Å². The van der Waals surface area contributed by atoms with E-state index in [1.165, 1.54) is 0 Å². The fourth-order valence-electron chi connectivity index (χ4n) is 2.83. The molecule has 1 aromatic heterocycles. The van der Waals surface area contributed by atoms with Gasteiger partial charge in [0.25, 0.3) is 0 Å². The van der Waals surface area contributed by atoms with Gasteiger partial charge < -0.3 is 5.11 Å². The number of aliphatic carboxylic acids is 1. The lowest BCUT2D eigenvalue weighted by Crippen LogP contribution is -2.55. The van der Waals surface area contributed by atoms with Gasteiger partial charge in [-0.2, -0.15) is 5.10 Å². The number of hydrogen-bond donors (Lipinski definition) is 1. The average Bonchev–Trinajstić information content (AvgIpc) is 2.75. The Bertz CT molecular complexity index is 443. The molecule has 1 aliphatic heterocycles. The van der Waals surface area contributed by atoms with Crippen molar-refractivity contribution >= 4 is 5.97 Å². The zero-order valence-electron chi connectivity index (χ0n) is 11.3. The van der Waals surface area contributed by atoms with Crippen molar-refractivity contribution in [2.45, 2.75) is 44.7 Å². The summed E-state index contributed by atoms with van der Waals surface area (Å²) in [6, 6.07) is 0.0834. The molecule has 0 radical (unpaired) electrons. The lowest BCUT2D eigenvalue weighted by atomic mass is 9.86. The molecule has 0 aliphatic carbocycles. The average molecular weight is 251 g/mol. The topological polar surface area (TPSA) is 58.4 Å². The highest BCUT2D eigenvalue weighted by molar-refractivity contribution is 5.78. The maximum absolute atomic E-state index is 11.6. The predicted molar refractivity (Wildman–Crippen MR) is 68.2 cm³/mol. The minimum atomic E-state index is -0.756. The van der Waals surface area contributed by atoms with Gasteiger partial charge in [-0.15, -0.1) is 0 Å². The molecule has 1 saturated heterocycles. The van der Waals surface area contributed by atoms with Crippen molar-refractivity contribution in [1.29, 1.82) is 0 Å². The monoisotopic (exact) mass is 251 g/mol. The Kier molecular flexibility index (Phi) is 3.43. The Hall–Kier alpha value is -1.36. The molecule has 0 aromatic carbocycles. The van der Waals surface area contributed by atoms with Crippen LogP contribution >= 0.6 is 0 Å². The highest BCUT2D eigenvalue weighted by Gasteiger charge is 2.43. The predicted octanol–water partition coefficient (Wildman–Crippen LogP) is 1.81. The number of aromatic nitrogens is 2. The van der Waals surface area contributed by atoms with Crippen LogP contribution in [0, 0.1) is 0 Å². The molecular formula is C13H21N3O2. The molecule has 1 aromatic rings. The zero-order chi connectivity index (χ0) is 13.3. The Morgan fingerprint density at radius 1 is 1.56 bits per heavy atom. The standard InChI is InChI=1S/C13H21N3O2/c1-10(11-8-14-15(3)9-11)16-7-5-4-6-13(16,2)12(17)18/h8-10H,4-7H2,1-3H3,(H,17,18). The number of nitrogens with zero attached hydrogens (tertiary/aromatic N) is 3. The number of carboxylic acid groups (broad SMARTS) is 1. The van der Waals surface area contributed by atoms with E-state index in [0.717, 1.165) is 24.9 Å². The minimum Gasteiger partial charge on any atom is -0.480 e. The van der Waals surface area contributed by atoms with Gasteiger partial charge in [-0.1, -0.05) is 0 Å². The summed E-state index contributed by atoms with van der Waals surface area (Å²) in [7, 11) is 1.88. The van der Waals surface area contributed by atoms with Crippen molar-refractivity contribution in [1.82, 2.24) is 14.7 Å². The maximum atomic E-state index is 11.6. The Labute approximate surface area is 107 Å². The fraction of sp³-hybridized carbons (Fsp3) is 0.692. The third-order valence-corrected chi connectivity index (χ3v) is 4.08. The first-order valence-electron chi connectivity index (χ1n) is 6.44. The number of carbonyl (C=O) groups is 1. The van der Waals surface area contributed by atoms with E-state index < -0.39 is 11.5 Å². The highest BCUT2D eigenvalue weighted by atomic mass is 16.4. The van der Waals surface area contributed by atoms with E-state index in [1.54, 1.807) is 4.68 Å². The maximum Gasteiger partial charge on any atom is 0.323 e. The van der Waals surface area contributed by atoms with Crippen LogP contribution in [0.15, 0.2) is 12.4 Å². The molecule has 2 rings (SSSR count). The molecule has 2 unspecified atom stereocenters. The van der Waals surface area contributed by atoms with E-state index in [-0.39, 0.29) is 6.04 Å². The van der Waals surface area contributed by atoms with Crippen LogP contribution in [-0.4, -0.2) is 37.8 Å². The fourth-order valence-corrected chi connectivity index (χ4v) is 2.83. The summed E-state index contributed by atoms with van der Waals surface area (Å²) in [6.45, 7) is 4.73. The lowest BCUT2D eigenvalue weighted by Gasteiger charge is -2.44. The molecular weight excluding hydrogens is 230 g/mol. The van der Waals surface area contributed by atoms with Gasteiger partial charge in [0.05, 0.1) is 6.20 Å². The van der Waals surface area contributed by atoms with Gasteiger partial charge in [0.15, 0.2) is 0 Å². The minimum absolute atomic E-state index is 0.0834. The van der Waals surface area contributed by atoms with Crippen LogP contribution in [0.4, 0.5) is 0 Å². The molecule has 5 nitrogen and oxygen atoms in total. The molecule has 0 amide bonds. The zero-order valence-corrected chi connectivity index (χ0v) is 11.3. The molecule has 5 heteroatoms. The van der Waals surface area contributed by atoms with Gasteiger partial charge in [0, 0.05) is 24.8 Å². The van der Waals surface area contributed by atoms with E-state index >= 15 is 0 Å². The van der Waals surface area contributed by atoms with Crippen molar-refractivity contribution in [3.63, 3.8) is 0 Å². The summed E-state index contributed by atoms with van der Waals surface area (Å²) in [4.78, 5) is 13.7. The van der Waals surface area contributed by atoms with Gasteiger partial charge in [0.1, 0.15) is 5.54 Å². The molecule has 18 heavy (non-hydrogen) atoms. The summed E-state index contributed by atoms with van der Waals surface area (Å²) < 4.78 is 1.76. The van der Waals surface area contributed by atoms with Crippen LogP contribution in [0.25, 0.3) is 0 Å². The first-order chi connectivity index (χ1) is 8.45. The first kappa shape index (κ1) is 13.1. The number of aryl methyl sites for hydroxylation is 1. The van der Waals surface area contributed by atoms with Crippen LogP contribution < -0.4 is 0 Å². The van der Waals surface area contributed by atoms with Crippen LogP contribution in [0.5, 0.6) is 0 Å². The normalized spacial score (nSPS) is 27.1. The third kappa shape index (κ3) is 2.14. The molecule has 0 saturated carbocycles. The Morgan fingerprint density at radius 2 is 2.28 bits per heavy atom. The van der Waals surface area contributed by atoms with E-state index in [9.17, 15) is 9.90 Å². The molecule has 1 N–H and O–H groups in total. The van der Waals surface area contributed by atoms with Crippen molar-refractivity contribution in [2.24, 2.45) is 7.05 Å². The Morgan fingerprint density at radius 3 is 2.83 bits per heavy atom. The van der Waals surface area contributed by atoms with E-state index in [2.05, 4.69) is 16.9 Å². The van der Waals surface area contributed by atoms with Crippen molar-refractivity contribution in [2.75, 3.05) is 6.54 Å². The van der Waals surface area contributed by atoms with Crippen molar-refractivity contribution in [3.05, 3.63) is 18.0 Å². The van der Waals surface area contributed by atoms with E-state index in [0.29, 0.717) is 6.42 Å². The van der Waals surface area contributed by atoms with E-state index in [4.69, 9.17) is 0 Å². The Balaban J connectivity index is 2.26. The molecule has 1 fully saturated rings. The molecule has 1 aliphatic rings.